The standard InChI is InChI=1S/C37H61NS2/c1-24-14-16-25(17-15-24)26-18-20-28(21-19-26)38(27-8-3-2-4-9-27)32-12-7-11-29-30-22-23-34-35(37(30)40-36(29)32)31-10-5-6-13-33(31)39-34/h24-37H,2-23H2,1H3. The van der Waals surface area contributed by atoms with Gasteiger partial charge in [0.1, 0.15) is 0 Å². The molecule has 0 amide bonds. The third-order valence-corrected chi connectivity index (χ3v) is 18.4. The molecule has 226 valence electrons. The van der Waals surface area contributed by atoms with E-state index in [1.165, 1.54) is 51.4 Å². The molecule has 2 aliphatic heterocycles. The summed E-state index contributed by atoms with van der Waals surface area (Å²) in [6, 6.07) is 2.77. The van der Waals surface area contributed by atoms with Gasteiger partial charge >= 0.3 is 0 Å². The SMILES string of the molecule is CC1CCC(C2CCC(N(C3CCCCC3)C3CCCC4C5CCC6SC7CCCCC7C6C5SC43)CC2)CC1. The summed E-state index contributed by atoms with van der Waals surface area (Å²) in [5.74, 6) is 7.47. The highest BCUT2D eigenvalue weighted by molar-refractivity contribution is 8.02. The van der Waals surface area contributed by atoms with Gasteiger partial charge in [0.05, 0.1) is 0 Å². The zero-order valence-electron chi connectivity index (χ0n) is 25.9. The molecule has 8 aliphatic rings. The molecule has 6 saturated carbocycles. The van der Waals surface area contributed by atoms with Gasteiger partial charge < -0.3 is 0 Å². The first-order valence-electron chi connectivity index (χ1n) is 18.8. The summed E-state index contributed by atoms with van der Waals surface area (Å²) in [5, 5.41) is 4.10. The van der Waals surface area contributed by atoms with Crippen LogP contribution in [0.15, 0.2) is 0 Å². The Morgan fingerprint density at radius 2 is 1.10 bits per heavy atom. The summed E-state index contributed by atoms with van der Waals surface area (Å²) in [7, 11) is 0. The van der Waals surface area contributed by atoms with Crippen LogP contribution in [0.4, 0.5) is 0 Å². The first-order valence-corrected chi connectivity index (χ1v) is 20.7. The molecular formula is C37H61NS2. The summed E-state index contributed by atoms with van der Waals surface area (Å²) in [5.41, 5.74) is 0. The Bertz CT molecular complexity index is 839. The normalized spacial score (nSPS) is 51.6. The lowest BCUT2D eigenvalue weighted by Crippen LogP contribution is -2.57. The first kappa shape index (κ1) is 28.2. The first-order chi connectivity index (χ1) is 19.7. The fraction of sp³-hybridized carbons (Fsp3) is 1.00. The van der Waals surface area contributed by atoms with Gasteiger partial charge in [-0.1, -0.05) is 58.3 Å². The average Bonchev–Trinajstić information content (AvgIpc) is 3.57. The summed E-state index contributed by atoms with van der Waals surface area (Å²) >= 11 is 5.14. The highest BCUT2D eigenvalue weighted by Gasteiger charge is 2.59. The van der Waals surface area contributed by atoms with Crippen molar-refractivity contribution < 1.29 is 0 Å². The van der Waals surface area contributed by atoms with E-state index in [4.69, 9.17) is 0 Å². The van der Waals surface area contributed by atoms with Crippen molar-refractivity contribution >= 4 is 23.5 Å². The van der Waals surface area contributed by atoms with Crippen molar-refractivity contribution in [3.63, 3.8) is 0 Å². The Balaban J connectivity index is 1.01. The lowest BCUT2D eigenvalue weighted by molar-refractivity contribution is -0.00117. The van der Waals surface area contributed by atoms with E-state index in [1.807, 2.05) is 0 Å². The molecule has 2 heterocycles. The second-order valence-electron chi connectivity index (χ2n) is 16.5. The molecule has 8 rings (SSSR count). The molecule has 0 radical (unpaired) electrons. The maximum atomic E-state index is 3.35. The number of hydrogen-bond acceptors (Lipinski definition) is 3. The molecule has 0 bridgehead atoms. The van der Waals surface area contributed by atoms with Crippen molar-refractivity contribution in [3.05, 3.63) is 0 Å². The minimum Gasteiger partial charge on any atom is -0.293 e. The molecule has 3 heteroatoms. The van der Waals surface area contributed by atoms with Crippen molar-refractivity contribution in [1.29, 1.82) is 0 Å². The Kier molecular flexibility index (Phi) is 8.60. The predicted molar refractivity (Wildman–Crippen MR) is 175 cm³/mol. The van der Waals surface area contributed by atoms with Crippen molar-refractivity contribution in [2.24, 2.45) is 41.4 Å². The number of hydrogen-bond donors (Lipinski definition) is 0. The van der Waals surface area contributed by atoms with E-state index in [1.54, 1.807) is 89.9 Å². The second-order valence-corrected chi connectivity index (χ2v) is 19.4. The van der Waals surface area contributed by atoms with Crippen LogP contribution in [0.5, 0.6) is 0 Å². The molecule has 1 nitrogen and oxygen atoms in total. The smallest absolute Gasteiger partial charge is 0.0237 e. The van der Waals surface area contributed by atoms with E-state index in [-0.39, 0.29) is 0 Å². The molecule has 0 N–H and O–H groups in total. The molecule has 0 aromatic carbocycles. The number of rotatable bonds is 4. The third kappa shape index (κ3) is 5.20. The Morgan fingerprint density at radius 1 is 0.450 bits per heavy atom. The van der Waals surface area contributed by atoms with Gasteiger partial charge in [-0.3, -0.25) is 4.90 Å². The summed E-state index contributed by atoms with van der Waals surface area (Å²) in [6.07, 6.45) is 34.0. The van der Waals surface area contributed by atoms with Gasteiger partial charge in [0, 0.05) is 39.1 Å². The van der Waals surface area contributed by atoms with Crippen LogP contribution in [0.2, 0.25) is 0 Å². The lowest BCUT2D eigenvalue weighted by atomic mass is 9.64. The molecule has 0 aromatic heterocycles. The maximum Gasteiger partial charge on any atom is 0.0237 e. The monoisotopic (exact) mass is 583 g/mol. The molecule has 0 spiro atoms. The molecular weight excluding hydrogens is 523 g/mol. The Labute approximate surface area is 256 Å². The van der Waals surface area contributed by atoms with Crippen LogP contribution in [0.25, 0.3) is 0 Å². The van der Waals surface area contributed by atoms with Crippen LogP contribution in [-0.4, -0.2) is 44.0 Å². The molecule has 8 fully saturated rings. The zero-order valence-corrected chi connectivity index (χ0v) is 27.5. The van der Waals surface area contributed by atoms with Crippen LogP contribution in [0.3, 0.4) is 0 Å². The molecule has 6 aliphatic carbocycles. The second kappa shape index (κ2) is 12.2. The lowest BCUT2D eigenvalue weighted by Gasteiger charge is -2.51. The summed E-state index contributed by atoms with van der Waals surface area (Å²) in [6.45, 7) is 2.50. The topological polar surface area (TPSA) is 3.24 Å². The fourth-order valence-electron chi connectivity index (χ4n) is 12.7. The minimum absolute atomic E-state index is 0.921. The van der Waals surface area contributed by atoms with E-state index in [2.05, 4.69) is 35.3 Å². The van der Waals surface area contributed by atoms with Gasteiger partial charge in [0.2, 0.25) is 0 Å². The Morgan fingerprint density at radius 3 is 1.90 bits per heavy atom. The number of fused-ring (bicyclic) bond motifs is 7. The number of thioether (sulfide) groups is 2. The van der Waals surface area contributed by atoms with Crippen molar-refractivity contribution in [2.45, 2.75) is 187 Å². The highest BCUT2D eigenvalue weighted by Crippen LogP contribution is 2.65. The minimum atomic E-state index is 0.921. The van der Waals surface area contributed by atoms with Gasteiger partial charge in [-0.15, -0.1) is 0 Å². The van der Waals surface area contributed by atoms with E-state index in [0.29, 0.717) is 0 Å². The molecule has 2 saturated heterocycles. The maximum absolute atomic E-state index is 3.35. The quantitative estimate of drug-likeness (QED) is 0.324. The van der Waals surface area contributed by atoms with Crippen molar-refractivity contribution in [2.75, 3.05) is 0 Å². The van der Waals surface area contributed by atoms with Gasteiger partial charge in [0.25, 0.3) is 0 Å². The largest absolute Gasteiger partial charge is 0.293 e. The summed E-state index contributed by atoms with van der Waals surface area (Å²) in [4.78, 5) is 3.35. The van der Waals surface area contributed by atoms with Gasteiger partial charge in [-0.2, -0.15) is 23.5 Å². The Hall–Kier alpha value is 0.660. The van der Waals surface area contributed by atoms with E-state index < -0.39 is 0 Å². The third-order valence-electron chi connectivity index (χ3n) is 14.6. The van der Waals surface area contributed by atoms with Crippen LogP contribution >= 0.6 is 23.5 Å². The van der Waals surface area contributed by atoms with Crippen LogP contribution < -0.4 is 0 Å². The fourth-order valence-corrected chi connectivity index (χ4v) is 17.3. The van der Waals surface area contributed by atoms with Crippen LogP contribution in [-0.2, 0) is 0 Å². The average molecular weight is 584 g/mol. The predicted octanol–water partition coefficient (Wildman–Crippen LogP) is 10.4. The summed E-state index contributed by atoms with van der Waals surface area (Å²) < 4.78 is 0. The highest BCUT2D eigenvalue weighted by atomic mass is 32.2. The van der Waals surface area contributed by atoms with Crippen molar-refractivity contribution in [1.82, 2.24) is 4.90 Å². The van der Waals surface area contributed by atoms with Crippen LogP contribution in [0, 0.1) is 41.4 Å². The van der Waals surface area contributed by atoms with E-state index in [0.717, 1.165) is 80.6 Å². The molecule has 0 aromatic rings. The number of nitrogens with zero attached hydrogens (tertiary/aromatic N) is 1. The van der Waals surface area contributed by atoms with E-state index >= 15 is 0 Å². The van der Waals surface area contributed by atoms with Gasteiger partial charge in [-0.25, -0.2) is 0 Å². The van der Waals surface area contributed by atoms with Crippen molar-refractivity contribution in [3.8, 4) is 0 Å². The molecule has 9 atom stereocenters. The van der Waals surface area contributed by atoms with E-state index in [9.17, 15) is 0 Å². The van der Waals surface area contributed by atoms with Gasteiger partial charge in [-0.05, 0) is 131 Å². The zero-order chi connectivity index (χ0) is 26.6. The molecule has 40 heavy (non-hydrogen) atoms. The van der Waals surface area contributed by atoms with Crippen LogP contribution in [0.1, 0.15) is 148 Å². The molecule has 9 unspecified atom stereocenters. The van der Waals surface area contributed by atoms with Gasteiger partial charge in [0.15, 0.2) is 0 Å².